The third-order valence-corrected chi connectivity index (χ3v) is 2.60. The Kier molecular flexibility index (Phi) is 4.38. The van der Waals surface area contributed by atoms with Crippen molar-refractivity contribution in [3.63, 3.8) is 0 Å². The number of aryl methyl sites for hydroxylation is 1. The highest BCUT2D eigenvalue weighted by Gasteiger charge is 2.19. The summed E-state index contributed by atoms with van der Waals surface area (Å²) in [6, 6.07) is 0. The van der Waals surface area contributed by atoms with Crippen molar-refractivity contribution in [2.24, 2.45) is 5.92 Å². The summed E-state index contributed by atoms with van der Waals surface area (Å²) in [5.41, 5.74) is 1.57. The first-order valence-electron chi connectivity index (χ1n) is 5.51. The van der Waals surface area contributed by atoms with E-state index in [1.807, 2.05) is 6.92 Å². The molecule has 0 radical (unpaired) electrons. The van der Waals surface area contributed by atoms with E-state index in [2.05, 4.69) is 23.8 Å². The molecule has 0 aliphatic carbocycles. The average molecular weight is 224 g/mol. The molecule has 0 fully saturated rings. The lowest BCUT2D eigenvalue weighted by molar-refractivity contribution is 0.0571. The van der Waals surface area contributed by atoms with Gasteiger partial charge in [0.25, 0.3) is 0 Å². The third-order valence-electron chi connectivity index (χ3n) is 2.60. The second-order valence-electron chi connectivity index (χ2n) is 4.35. The molecule has 1 unspecified atom stereocenters. The highest BCUT2D eigenvalue weighted by molar-refractivity contribution is 5.19. The second-order valence-corrected chi connectivity index (χ2v) is 4.35. The van der Waals surface area contributed by atoms with E-state index < -0.39 is 6.10 Å². The summed E-state index contributed by atoms with van der Waals surface area (Å²) in [4.78, 5) is 8.65. The maximum Gasteiger partial charge on any atom is 0.157 e. The number of methoxy groups -OCH3 is 1. The van der Waals surface area contributed by atoms with Crippen molar-refractivity contribution in [2.75, 3.05) is 7.11 Å². The molecule has 4 heteroatoms. The molecule has 2 atom stereocenters. The van der Waals surface area contributed by atoms with Crippen LogP contribution in [0.25, 0.3) is 0 Å². The fraction of sp³-hybridized carbons (Fsp3) is 0.667. The molecule has 0 aromatic carbocycles. The van der Waals surface area contributed by atoms with Gasteiger partial charge < -0.3 is 9.84 Å². The van der Waals surface area contributed by atoms with Crippen LogP contribution < -0.4 is 0 Å². The lowest BCUT2D eigenvalue weighted by Gasteiger charge is -2.19. The molecule has 4 nitrogen and oxygen atoms in total. The highest BCUT2D eigenvalue weighted by Crippen LogP contribution is 2.23. The topological polar surface area (TPSA) is 55.2 Å². The molecule has 0 aliphatic heterocycles. The van der Waals surface area contributed by atoms with Gasteiger partial charge in [0, 0.05) is 24.6 Å². The molecule has 0 saturated heterocycles. The number of aliphatic hydroxyl groups excluding tert-OH is 1. The van der Waals surface area contributed by atoms with Crippen molar-refractivity contribution >= 4 is 0 Å². The molecule has 0 bridgehead atoms. The average Bonchev–Trinajstić information content (AvgIpc) is 2.17. The molecule has 1 heterocycles. The van der Waals surface area contributed by atoms with Gasteiger partial charge in [-0.1, -0.05) is 13.8 Å². The number of hydrogen-bond acceptors (Lipinski definition) is 4. The number of aromatic nitrogens is 2. The van der Waals surface area contributed by atoms with Crippen molar-refractivity contribution in [3.05, 3.63) is 23.3 Å². The Labute approximate surface area is 96.7 Å². The van der Waals surface area contributed by atoms with Crippen LogP contribution in [-0.4, -0.2) is 22.2 Å². The van der Waals surface area contributed by atoms with Gasteiger partial charge in [0.15, 0.2) is 5.82 Å². The van der Waals surface area contributed by atoms with Gasteiger partial charge in [0.1, 0.15) is 6.10 Å². The fourth-order valence-corrected chi connectivity index (χ4v) is 1.72. The van der Waals surface area contributed by atoms with Crippen molar-refractivity contribution in [2.45, 2.75) is 39.9 Å². The zero-order valence-corrected chi connectivity index (χ0v) is 10.6. The standard InChI is InChI=1S/C12H20N2O2/c1-7(2)11(16-5)12-13-6-10(9(4)15)8(3)14-12/h6-7,9,11,15H,1-5H3/t9-,11?/m1/s1. The molecule has 1 rings (SSSR count). The van der Waals surface area contributed by atoms with E-state index >= 15 is 0 Å². The van der Waals surface area contributed by atoms with Crippen LogP contribution >= 0.6 is 0 Å². The number of ether oxygens (including phenoxy) is 1. The zero-order valence-electron chi connectivity index (χ0n) is 10.6. The van der Waals surface area contributed by atoms with Crippen LogP contribution in [-0.2, 0) is 4.74 Å². The minimum Gasteiger partial charge on any atom is -0.389 e. The summed E-state index contributed by atoms with van der Waals surface area (Å²) in [5, 5.41) is 9.49. The van der Waals surface area contributed by atoms with Crippen LogP contribution in [0.2, 0.25) is 0 Å². The minimum absolute atomic E-state index is 0.0956. The van der Waals surface area contributed by atoms with Crippen LogP contribution in [0.4, 0.5) is 0 Å². The predicted octanol–water partition coefficient (Wildman–Crippen LogP) is 2.18. The van der Waals surface area contributed by atoms with E-state index in [0.717, 1.165) is 11.3 Å². The van der Waals surface area contributed by atoms with E-state index in [-0.39, 0.29) is 6.10 Å². The van der Waals surface area contributed by atoms with Crippen LogP contribution in [0, 0.1) is 12.8 Å². The molecule has 0 saturated carbocycles. The smallest absolute Gasteiger partial charge is 0.157 e. The van der Waals surface area contributed by atoms with Crippen LogP contribution in [0.5, 0.6) is 0 Å². The van der Waals surface area contributed by atoms with Crippen molar-refractivity contribution in [1.29, 1.82) is 0 Å². The van der Waals surface area contributed by atoms with E-state index in [1.54, 1.807) is 20.2 Å². The van der Waals surface area contributed by atoms with Crippen LogP contribution in [0.3, 0.4) is 0 Å². The van der Waals surface area contributed by atoms with Gasteiger partial charge in [-0.05, 0) is 19.8 Å². The molecule has 0 aliphatic rings. The monoisotopic (exact) mass is 224 g/mol. The number of nitrogens with zero attached hydrogens (tertiary/aromatic N) is 2. The summed E-state index contributed by atoms with van der Waals surface area (Å²) in [6.45, 7) is 7.72. The molecular formula is C12H20N2O2. The quantitative estimate of drug-likeness (QED) is 0.851. The Morgan fingerprint density at radius 1 is 1.31 bits per heavy atom. The van der Waals surface area contributed by atoms with E-state index in [4.69, 9.17) is 4.74 Å². The summed E-state index contributed by atoms with van der Waals surface area (Å²) >= 11 is 0. The third kappa shape index (κ3) is 2.77. The first-order valence-corrected chi connectivity index (χ1v) is 5.51. The molecule has 90 valence electrons. The van der Waals surface area contributed by atoms with Gasteiger partial charge in [0.2, 0.25) is 0 Å². The Bertz CT molecular complexity index is 351. The molecule has 1 aromatic rings. The largest absolute Gasteiger partial charge is 0.389 e. The molecule has 1 N–H and O–H groups in total. The van der Waals surface area contributed by atoms with E-state index in [1.165, 1.54) is 0 Å². The van der Waals surface area contributed by atoms with Gasteiger partial charge in [-0.15, -0.1) is 0 Å². The normalized spacial score (nSPS) is 15.2. The maximum atomic E-state index is 9.49. The first kappa shape index (κ1) is 13.1. The SMILES string of the molecule is COC(c1ncc([C@@H](C)O)c(C)n1)C(C)C. The molecule has 0 amide bonds. The van der Waals surface area contributed by atoms with Gasteiger partial charge >= 0.3 is 0 Å². The van der Waals surface area contributed by atoms with Gasteiger partial charge in [-0.2, -0.15) is 0 Å². The zero-order chi connectivity index (χ0) is 12.3. The fourth-order valence-electron chi connectivity index (χ4n) is 1.72. The van der Waals surface area contributed by atoms with Gasteiger partial charge in [-0.25, -0.2) is 9.97 Å². The summed E-state index contributed by atoms with van der Waals surface area (Å²) in [5.74, 6) is 1.00. The Hall–Kier alpha value is -1.00. The van der Waals surface area contributed by atoms with Crippen LogP contribution in [0.15, 0.2) is 6.20 Å². The molecule has 16 heavy (non-hydrogen) atoms. The minimum atomic E-state index is -0.533. The van der Waals surface area contributed by atoms with E-state index in [9.17, 15) is 5.11 Å². The Balaban J connectivity index is 3.04. The lowest BCUT2D eigenvalue weighted by atomic mass is 10.1. The second kappa shape index (κ2) is 5.37. The van der Waals surface area contributed by atoms with E-state index in [0.29, 0.717) is 11.7 Å². The Morgan fingerprint density at radius 2 is 1.94 bits per heavy atom. The first-order chi connectivity index (χ1) is 7.47. The maximum absolute atomic E-state index is 9.49. The Morgan fingerprint density at radius 3 is 2.31 bits per heavy atom. The molecular weight excluding hydrogens is 204 g/mol. The number of aliphatic hydroxyl groups is 1. The van der Waals surface area contributed by atoms with Crippen LogP contribution in [0.1, 0.15) is 50.1 Å². The summed E-state index contributed by atoms with van der Waals surface area (Å²) in [7, 11) is 1.66. The lowest BCUT2D eigenvalue weighted by Crippen LogP contribution is -2.14. The number of rotatable bonds is 4. The summed E-state index contributed by atoms with van der Waals surface area (Å²) in [6.07, 6.45) is 1.05. The predicted molar refractivity (Wildman–Crippen MR) is 62.0 cm³/mol. The van der Waals surface area contributed by atoms with Crippen molar-refractivity contribution < 1.29 is 9.84 Å². The van der Waals surface area contributed by atoms with Gasteiger partial charge in [-0.3, -0.25) is 0 Å². The number of hydrogen-bond donors (Lipinski definition) is 1. The molecule has 1 aromatic heterocycles. The molecule has 0 spiro atoms. The van der Waals surface area contributed by atoms with Crippen molar-refractivity contribution in [1.82, 2.24) is 9.97 Å². The van der Waals surface area contributed by atoms with Crippen molar-refractivity contribution in [3.8, 4) is 0 Å². The van der Waals surface area contributed by atoms with Gasteiger partial charge in [0.05, 0.1) is 6.10 Å². The summed E-state index contributed by atoms with van der Waals surface area (Å²) < 4.78 is 5.37. The highest BCUT2D eigenvalue weighted by atomic mass is 16.5.